The summed E-state index contributed by atoms with van der Waals surface area (Å²) in [6.07, 6.45) is 1.67. The second kappa shape index (κ2) is 6.24. The van der Waals surface area contributed by atoms with Crippen molar-refractivity contribution in [2.24, 2.45) is 4.99 Å². The maximum absolute atomic E-state index is 11.9. The zero-order valence-corrected chi connectivity index (χ0v) is 14.1. The van der Waals surface area contributed by atoms with E-state index in [1.165, 1.54) is 0 Å². The molecule has 1 heterocycles. The fourth-order valence-electron chi connectivity index (χ4n) is 1.88. The standard InChI is InChI=1S/C16H8BrCl2NO2/c17-11-4-1-9(2-5-11)7-14-16(21)22-15(20-14)10-3-6-12(18)13(19)8-10/h1-8H/b14-7-. The van der Waals surface area contributed by atoms with Crippen LogP contribution in [0.5, 0.6) is 0 Å². The highest BCUT2D eigenvalue weighted by molar-refractivity contribution is 9.10. The number of nitrogens with zero attached hydrogens (tertiary/aromatic N) is 1. The molecule has 1 aliphatic rings. The Morgan fingerprint density at radius 2 is 1.77 bits per heavy atom. The van der Waals surface area contributed by atoms with Crippen LogP contribution in [-0.4, -0.2) is 11.9 Å². The first kappa shape index (κ1) is 15.3. The van der Waals surface area contributed by atoms with Crippen molar-refractivity contribution in [2.45, 2.75) is 0 Å². The van der Waals surface area contributed by atoms with E-state index < -0.39 is 5.97 Å². The SMILES string of the molecule is O=C1OC(c2ccc(Cl)c(Cl)c2)=N/C1=C\c1ccc(Br)cc1. The van der Waals surface area contributed by atoms with Gasteiger partial charge in [-0.25, -0.2) is 9.79 Å². The Kier molecular flexibility index (Phi) is 4.34. The summed E-state index contributed by atoms with van der Waals surface area (Å²) in [6.45, 7) is 0. The quantitative estimate of drug-likeness (QED) is 0.523. The van der Waals surface area contributed by atoms with Crippen LogP contribution in [0.3, 0.4) is 0 Å². The predicted octanol–water partition coefficient (Wildman–Crippen LogP) is 5.10. The number of hydrogen-bond acceptors (Lipinski definition) is 3. The Labute approximate surface area is 145 Å². The third-order valence-electron chi connectivity index (χ3n) is 2.96. The normalized spacial score (nSPS) is 15.9. The van der Waals surface area contributed by atoms with Crippen LogP contribution in [0.15, 0.2) is 57.6 Å². The number of aliphatic imine (C=N–C) groups is 1. The van der Waals surface area contributed by atoms with Crippen LogP contribution < -0.4 is 0 Å². The van der Waals surface area contributed by atoms with Crippen molar-refractivity contribution in [1.29, 1.82) is 0 Å². The smallest absolute Gasteiger partial charge is 0.363 e. The van der Waals surface area contributed by atoms with Gasteiger partial charge in [-0.3, -0.25) is 0 Å². The van der Waals surface area contributed by atoms with Crippen LogP contribution in [0.2, 0.25) is 10.0 Å². The first-order valence-corrected chi connectivity index (χ1v) is 7.81. The Bertz CT molecular complexity index is 813. The summed E-state index contributed by atoms with van der Waals surface area (Å²) in [5.74, 6) is -0.282. The fraction of sp³-hybridized carbons (Fsp3) is 0. The molecule has 0 aliphatic carbocycles. The van der Waals surface area contributed by atoms with Gasteiger partial charge in [-0.1, -0.05) is 51.3 Å². The van der Waals surface area contributed by atoms with Crippen LogP contribution in [0.1, 0.15) is 11.1 Å². The van der Waals surface area contributed by atoms with Crippen molar-refractivity contribution in [1.82, 2.24) is 0 Å². The topological polar surface area (TPSA) is 38.7 Å². The summed E-state index contributed by atoms with van der Waals surface area (Å²) in [7, 11) is 0. The van der Waals surface area contributed by atoms with Gasteiger partial charge < -0.3 is 4.74 Å². The number of esters is 1. The molecule has 0 atom stereocenters. The molecule has 110 valence electrons. The second-order valence-electron chi connectivity index (χ2n) is 4.52. The summed E-state index contributed by atoms with van der Waals surface area (Å²) in [5.41, 5.74) is 1.69. The van der Waals surface area contributed by atoms with Crippen molar-refractivity contribution in [3.8, 4) is 0 Å². The first-order valence-electron chi connectivity index (χ1n) is 6.26. The van der Waals surface area contributed by atoms with Gasteiger partial charge in [0.15, 0.2) is 5.70 Å². The number of rotatable bonds is 2. The van der Waals surface area contributed by atoms with E-state index in [0.29, 0.717) is 15.6 Å². The molecular weight excluding hydrogens is 389 g/mol. The van der Waals surface area contributed by atoms with E-state index in [1.807, 2.05) is 24.3 Å². The van der Waals surface area contributed by atoms with Crippen LogP contribution in [0.4, 0.5) is 0 Å². The summed E-state index contributed by atoms with van der Waals surface area (Å²) >= 11 is 15.2. The van der Waals surface area contributed by atoms with Crippen molar-refractivity contribution >= 4 is 57.1 Å². The lowest BCUT2D eigenvalue weighted by Gasteiger charge is -2.01. The third kappa shape index (κ3) is 3.24. The van der Waals surface area contributed by atoms with Crippen LogP contribution in [0, 0.1) is 0 Å². The highest BCUT2D eigenvalue weighted by atomic mass is 79.9. The Hall–Kier alpha value is -1.62. The number of halogens is 3. The molecular formula is C16H8BrCl2NO2. The largest absolute Gasteiger partial charge is 0.402 e. The zero-order valence-electron chi connectivity index (χ0n) is 11.0. The summed E-state index contributed by atoms with van der Waals surface area (Å²) in [6, 6.07) is 12.5. The summed E-state index contributed by atoms with van der Waals surface area (Å²) in [5, 5.41) is 0.809. The van der Waals surface area contributed by atoms with Gasteiger partial charge in [0.2, 0.25) is 5.90 Å². The minimum Gasteiger partial charge on any atom is -0.402 e. The highest BCUT2D eigenvalue weighted by Gasteiger charge is 2.24. The van der Waals surface area contributed by atoms with Gasteiger partial charge in [0.1, 0.15) is 0 Å². The minimum absolute atomic E-state index is 0.215. The molecule has 0 bridgehead atoms. The van der Waals surface area contributed by atoms with E-state index in [2.05, 4.69) is 20.9 Å². The second-order valence-corrected chi connectivity index (χ2v) is 6.25. The average Bonchev–Trinajstić information content (AvgIpc) is 2.85. The number of ether oxygens (including phenoxy) is 1. The zero-order chi connectivity index (χ0) is 15.7. The molecule has 22 heavy (non-hydrogen) atoms. The molecule has 0 fully saturated rings. The lowest BCUT2D eigenvalue weighted by molar-refractivity contribution is -0.129. The van der Waals surface area contributed by atoms with Crippen LogP contribution >= 0.6 is 39.1 Å². The molecule has 3 nitrogen and oxygen atoms in total. The number of hydrogen-bond donors (Lipinski definition) is 0. The van der Waals surface area contributed by atoms with Gasteiger partial charge in [-0.15, -0.1) is 0 Å². The number of benzene rings is 2. The highest BCUT2D eigenvalue weighted by Crippen LogP contribution is 2.26. The Morgan fingerprint density at radius 3 is 2.45 bits per heavy atom. The molecule has 2 aromatic rings. The molecule has 6 heteroatoms. The van der Waals surface area contributed by atoms with E-state index in [9.17, 15) is 4.79 Å². The lowest BCUT2D eigenvalue weighted by atomic mass is 10.2. The third-order valence-corrected chi connectivity index (χ3v) is 4.23. The van der Waals surface area contributed by atoms with Gasteiger partial charge >= 0.3 is 5.97 Å². The molecule has 0 saturated heterocycles. The molecule has 0 aromatic heterocycles. The molecule has 0 radical (unpaired) electrons. The molecule has 2 aromatic carbocycles. The van der Waals surface area contributed by atoms with E-state index in [1.54, 1.807) is 24.3 Å². The molecule has 0 unspecified atom stereocenters. The fourth-order valence-corrected chi connectivity index (χ4v) is 2.44. The Balaban J connectivity index is 1.94. The van der Waals surface area contributed by atoms with Crippen molar-refractivity contribution < 1.29 is 9.53 Å². The van der Waals surface area contributed by atoms with Crippen molar-refractivity contribution in [2.75, 3.05) is 0 Å². The van der Waals surface area contributed by atoms with Crippen LogP contribution in [0.25, 0.3) is 6.08 Å². The molecule has 0 spiro atoms. The number of carbonyl (C=O) groups is 1. The van der Waals surface area contributed by atoms with Gasteiger partial charge in [-0.05, 0) is 42.0 Å². The van der Waals surface area contributed by atoms with Crippen molar-refractivity contribution in [3.63, 3.8) is 0 Å². The molecule has 0 saturated carbocycles. The average molecular weight is 397 g/mol. The van der Waals surface area contributed by atoms with Gasteiger partial charge in [-0.2, -0.15) is 0 Å². The van der Waals surface area contributed by atoms with E-state index >= 15 is 0 Å². The Morgan fingerprint density at radius 1 is 1.05 bits per heavy atom. The summed E-state index contributed by atoms with van der Waals surface area (Å²) < 4.78 is 6.14. The first-order chi connectivity index (χ1) is 10.5. The van der Waals surface area contributed by atoms with E-state index in [0.717, 1.165) is 10.0 Å². The lowest BCUT2D eigenvalue weighted by Crippen LogP contribution is -2.05. The maximum atomic E-state index is 11.9. The van der Waals surface area contributed by atoms with E-state index in [4.69, 9.17) is 27.9 Å². The van der Waals surface area contributed by atoms with Crippen molar-refractivity contribution in [3.05, 3.63) is 73.8 Å². The molecule has 1 aliphatic heterocycles. The molecule has 0 N–H and O–H groups in total. The van der Waals surface area contributed by atoms with E-state index in [-0.39, 0.29) is 11.6 Å². The number of carbonyl (C=O) groups excluding carboxylic acids is 1. The monoisotopic (exact) mass is 395 g/mol. The minimum atomic E-state index is -0.496. The maximum Gasteiger partial charge on any atom is 0.363 e. The molecule has 3 rings (SSSR count). The predicted molar refractivity (Wildman–Crippen MR) is 91.2 cm³/mol. The molecule has 0 amide bonds. The van der Waals surface area contributed by atoms with Gasteiger partial charge in [0, 0.05) is 10.0 Å². The summed E-state index contributed by atoms with van der Waals surface area (Å²) in [4.78, 5) is 16.1. The van der Waals surface area contributed by atoms with Gasteiger partial charge in [0.05, 0.1) is 10.0 Å². The van der Waals surface area contributed by atoms with Gasteiger partial charge in [0.25, 0.3) is 0 Å². The van der Waals surface area contributed by atoms with Crippen LogP contribution in [-0.2, 0) is 9.53 Å². The number of cyclic esters (lactones) is 1.